The standard InChI is InChI=1S/C11H15O2/c1-9(2)13-8-10-4-6-11(12-3)7-5-10/h4-7H,8H2,1-3H3. The van der Waals surface area contributed by atoms with E-state index >= 15 is 0 Å². The molecule has 0 amide bonds. The van der Waals surface area contributed by atoms with Crippen LogP contribution in [0.15, 0.2) is 24.3 Å². The van der Waals surface area contributed by atoms with Crippen LogP contribution in [-0.4, -0.2) is 7.11 Å². The maximum atomic E-state index is 5.38. The molecule has 0 fully saturated rings. The van der Waals surface area contributed by atoms with Gasteiger partial charge in [-0.15, -0.1) is 0 Å². The van der Waals surface area contributed by atoms with Crippen molar-refractivity contribution in [1.29, 1.82) is 0 Å². The Hall–Kier alpha value is -1.02. The highest BCUT2D eigenvalue weighted by atomic mass is 16.5. The number of rotatable bonds is 4. The van der Waals surface area contributed by atoms with E-state index in [-0.39, 0.29) is 0 Å². The average Bonchev–Trinajstić information content (AvgIpc) is 2.15. The number of benzene rings is 1. The summed E-state index contributed by atoms with van der Waals surface area (Å²) in [6, 6.07) is 7.87. The van der Waals surface area contributed by atoms with Crippen molar-refractivity contribution in [2.75, 3.05) is 7.11 Å². The van der Waals surface area contributed by atoms with Gasteiger partial charge in [-0.25, -0.2) is 0 Å². The molecule has 0 saturated carbocycles. The van der Waals surface area contributed by atoms with Crippen LogP contribution >= 0.6 is 0 Å². The Bertz CT molecular complexity index is 239. The summed E-state index contributed by atoms with van der Waals surface area (Å²) in [6.45, 7) is 4.53. The predicted octanol–water partition coefficient (Wildman–Crippen LogP) is 2.78. The second-order valence-electron chi connectivity index (χ2n) is 3.04. The van der Waals surface area contributed by atoms with E-state index in [9.17, 15) is 0 Å². The molecule has 0 bridgehead atoms. The van der Waals surface area contributed by atoms with E-state index in [1.54, 1.807) is 7.11 Å². The lowest BCUT2D eigenvalue weighted by molar-refractivity contribution is 0.143. The lowest BCUT2D eigenvalue weighted by Gasteiger charge is -2.06. The molecule has 0 spiro atoms. The van der Waals surface area contributed by atoms with Crippen molar-refractivity contribution in [3.63, 3.8) is 0 Å². The topological polar surface area (TPSA) is 18.5 Å². The summed E-state index contributed by atoms with van der Waals surface area (Å²) in [6.07, 6.45) is 0.982. The van der Waals surface area contributed by atoms with E-state index < -0.39 is 0 Å². The third-order valence-corrected chi connectivity index (χ3v) is 1.69. The lowest BCUT2D eigenvalue weighted by atomic mass is 10.2. The number of hydrogen-bond donors (Lipinski definition) is 0. The predicted molar refractivity (Wildman–Crippen MR) is 52.4 cm³/mol. The van der Waals surface area contributed by atoms with Crippen LogP contribution in [0.25, 0.3) is 0 Å². The van der Waals surface area contributed by atoms with Crippen molar-refractivity contribution in [3.8, 4) is 5.75 Å². The number of ether oxygens (including phenoxy) is 2. The third kappa shape index (κ3) is 3.47. The molecule has 0 heterocycles. The fraction of sp³-hybridized carbons (Fsp3) is 0.364. The fourth-order valence-electron chi connectivity index (χ4n) is 0.949. The summed E-state index contributed by atoms with van der Waals surface area (Å²) in [4.78, 5) is 0. The van der Waals surface area contributed by atoms with E-state index in [4.69, 9.17) is 9.47 Å². The van der Waals surface area contributed by atoms with Crippen LogP contribution in [-0.2, 0) is 11.3 Å². The molecule has 1 aromatic rings. The van der Waals surface area contributed by atoms with Gasteiger partial charge in [-0.05, 0) is 31.5 Å². The molecule has 1 rings (SSSR count). The molecule has 71 valence electrons. The van der Waals surface area contributed by atoms with Crippen molar-refractivity contribution in [1.82, 2.24) is 0 Å². The Balaban J connectivity index is 2.49. The van der Waals surface area contributed by atoms with Gasteiger partial charge < -0.3 is 9.47 Å². The zero-order chi connectivity index (χ0) is 9.68. The molecule has 0 N–H and O–H groups in total. The normalized spacial score (nSPS) is 10.5. The Kier molecular flexibility index (Phi) is 3.77. The largest absolute Gasteiger partial charge is 0.497 e. The van der Waals surface area contributed by atoms with E-state index in [2.05, 4.69) is 0 Å². The molecule has 0 aliphatic heterocycles. The molecule has 0 atom stereocenters. The summed E-state index contributed by atoms with van der Waals surface area (Å²) in [5.74, 6) is 0.876. The van der Waals surface area contributed by atoms with Crippen molar-refractivity contribution in [2.24, 2.45) is 0 Å². The SMILES string of the molecule is COc1ccc(CO[C](C)C)cc1. The second kappa shape index (κ2) is 4.87. The van der Waals surface area contributed by atoms with Crippen molar-refractivity contribution >= 4 is 0 Å². The van der Waals surface area contributed by atoms with Crippen LogP contribution in [0.4, 0.5) is 0 Å². The smallest absolute Gasteiger partial charge is 0.118 e. The van der Waals surface area contributed by atoms with Gasteiger partial charge in [0.15, 0.2) is 0 Å². The van der Waals surface area contributed by atoms with E-state index in [0.29, 0.717) is 6.61 Å². The summed E-state index contributed by atoms with van der Waals surface area (Å²) >= 11 is 0. The number of methoxy groups -OCH3 is 1. The Labute approximate surface area is 79.5 Å². The van der Waals surface area contributed by atoms with Gasteiger partial charge in [-0.3, -0.25) is 0 Å². The van der Waals surface area contributed by atoms with Crippen LogP contribution in [0, 0.1) is 6.10 Å². The molecule has 0 aliphatic rings. The van der Waals surface area contributed by atoms with Crippen LogP contribution in [0.2, 0.25) is 0 Å². The van der Waals surface area contributed by atoms with Gasteiger partial charge in [0.25, 0.3) is 0 Å². The minimum Gasteiger partial charge on any atom is -0.497 e. The minimum absolute atomic E-state index is 0.631. The van der Waals surface area contributed by atoms with Gasteiger partial charge in [-0.1, -0.05) is 12.1 Å². The Morgan fingerprint density at radius 1 is 1.15 bits per heavy atom. The highest BCUT2D eigenvalue weighted by Crippen LogP contribution is 2.13. The van der Waals surface area contributed by atoms with Gasteiger partial charge in [0.1, 0.15) is 5.75 Å². The Morgan fingerprint density at radius 2 is 1.77 bits per heavy atom. The zero-order valence-corrected chi connectivity index (χ0v) is 8.33. The van der Waals surface area contributed by atoms with E-state index in [1.807, 2.05) is 38.1 Å². The summed E-state index contributed by atoms with van der Waals surface area (Å²) in [5, 5.41) is 0. The monoisotopic (exact) mass is 179 g/mol. The van der Waals surface area contributed by atoms with Crippen molar-refractivity contribution < 1.29 is 9.47 Å². The molecule has 0 aliphatic carbocycles. The van der Waals surface area contributed by atoms with Gasteiger partial charge in [0.2, 0.25) is 0 Å². The average molecular weight is 179 g/mol. The van der Waals surface area contributed by atoms with Crippen LogP contribution < -0.4 is 4.74 Å². The fourth-order valence-corrected chi connectivity index (χ4v) is 0.949. The first-order valence-electron chi connectivity index (χ1n) is 4.28. The molecular formula is C11H15O2. The van der Waals surface area contributed by atoms with Crippen LogP contribution in [0.3, 0.4) is 0 Å². The Morgan fingerprint density at radius 3 is 2.23 bits per heavy atom. The zero-order valence-electron chi connectivity index (χ0n) is 8.33. The molecule has 0 aromatic heterocycles. The third-order valence-electron chi connectivity index (χ3n) is 1.69. The highest BCUT2D eigenvalue weighted by Gasteiger charge is 1.97. The second-order valence-corrected chi connectivity index (χ2v) is 3.04. The van der Waals surface area contributed by atoms with Gasteiger partial charge in [0.05, 0.1) is 19.8 Å². The van der Waals surface area contributed by atoms with Crippen LogP contribution in [0.5, 0.6) is 5.75 Å². The first-order valence-corrected chi connectivity index (χ1v) is 4.28. The summed E-state index contributed by atoms with van der Waals surface area (Å²) < 4.78 is 10.4. The van der Waals surface area contributed by atoms with Gasteiger partial charge in [-0.2, -0.15) is 0 Å². The van der Waals surface area contributed by atoms with E-state index in [0.717, 1.165) is 17.4 Å². The van der Waals surface area contributed by atoms with E-state index in [1.165, 1.54) is 0 Å². The molecule has 0 saturated heterocycles. The molecule has 1 radical (unpaired) electrons. The minimum atomic E-state index is 0.631. The highest BCUT2D eigenvalue weighted by molar-refractivity contribution is 5.26. The number of hydrogen-bond acceptors (Lipinski definition) is 2. The molecule has 0 unspecified atom stereocenters. The van der Waals surface area contributed by atoms with Gasteiger partial charge >= 0.3 is 0 Å². The molecule has 2 nitrogen and oxygen atoms in total. The maximum absolute atomic E-state index is 5.38. The molecular weight excluding hydrogens is 164 g/mol. The quantitative estimate of drug-likeness (QED) is 0.707. The van der Waals surface area contributed by atoms with Gasteiger partial charge in [0, 0.05) is 0 Å². The lowest BCUT2D eigenvalue weighted by Crippen LogP contribution is -1.94. The molecule has 1 aromatic carbocycles. The van der Waals surface area contributed by atoms with Crippen molar-refractivity contribution in [3.05, 3.63) is 35.9 Å². The molecule has 13 heavy (non-hydrogen) atoms. The van der Waals surface area contributed by atoms with Crippen molar-refractivity contribution in [2.45, 2.75) is 20.5 Å². The van der Waals surface area contributed by atoms with Crippen LogP contribution in [0.1, 0.15) is 19.4 Å². The summed E-state index contributed by atoms with van der Waals surface area (Å²) in [5.41, 5.74) is 1.15. The maximum Gasteiger partial charge on any atom is 0.118 e. The summed E-state index contributed by atoms with van der Waals surface area (Å²) in [7, 11) is 1.66. The first-order chi connectivity index (χ1) is 6.22. The first kappa shape index (κ1) is 10.1. The molecule has 2 heteroatoms.